The van der Waals surface area contributed by atoms with Crippen molar-refractivity contribution in [3.05, 3.63) is 90.0 Å². The fourth-order valence-corrected chi connectivity index (χ4v) is 3.72. The molecule has 0 heterocycles. The molecule has 4 rings (SSSR count). The molecule has 7 heteroatoms. The number of nitrogens with one attached hydrogen (secondary N) is 1. The van der Waals surface area contributed by atoms with Crippen molar-refractivity contribution in [2.24, 2.45) is 5.92 Å². The summed E-state index contributed by atoms with van der Waals surface area (Å²) in [5.41, 5.74) is 7.73. The second-order valence-corrected chi connectivity index (χ2v) is 8.92. The molecule has 1 atom stereocenters. The number of nitrogens with two attached hydrogens (primary N) is 1. The van der Waals surface area contributed by atoms with Gasteiger partial charge in [0.2, 0.25) is 5.91 Å². The number of anilines is 1. The molecule has 1 fully saturated rings. The zero-order chi connectivity index (χ0) is 25.3. The first-order valence-electron chi connectivity index (χ1n) is 12.1. The van der Waals surface area contributed by atoms with Crippen molar-refractivity contribution in [3.63, 3.8) is 0 Å². The lowest BCUT2D eigenvalue weighted by Gasteiger charge is -2.18. The number of carbonyl (C=O) groups excluding carboxylic acids is 3. The van der Waals surface area contributed by atoms with Gasteiger partial charge in [-0.15, -0.1) is 0 Å². The van der Waals surface area contributed by atoms with Crippen molar-refractivity contribution >= 4 is 23.2 Å². The smallest absolute Gasteiger partial charge is 0.221 e. The second kappa shape index (κ2) is 12.1. The van der Waals surface area contributed by atoms with Crippen molar-refractivity contribution in [1.29, 1.82) is 0 Å². The zero-order valence-corrected chi connectivity index (χ0v) is 20.0. The van der Waals surface area contributed by atoms with Gasteiger partial charge in [0, 0.05) is 30.0 Å². The minimum atomic E-state index is -0.874. The number of amides is 1. The van der Waals surface area contributed by atoms with Gasteiger partial charge in [0.15, 0.2) is 5.78 Å². The summed E-state index contributed by atoms with van der Waals surface area (Å²) in [6.07, 6.45) is 2.07. The van der Waals surface area contributed by atoms with E-state index < -0.39 is 6.04 Å². The van der Waals surface area contributed by atoms with Gasteiger partial charge in [0.25, 0.3) is 0 Å². The molecule has 186 valence electrons. The summed E-state index contributed by atoms with van der Waals surface area (Å²) in [6, 6.07) is 22.4. The van der Waals surface area contributed by atoms with Crippen LogP contribution in [-0.4, -0.2) is 30.1 Å². The van der Waals surface area contributed by atoms with E-state index in [0.717, 1.165) is 18.4 Å². The van der Waals surface area contributed by atoms with Crippen LogP contribution in [0.2, 0.25) is 0 Å². The highest BCUT2D eigenvalue weighted by Crippen LogP contribution is 2.31. The van der Waals surface area contributed by atoms with Crippen LogP contribution in [0.1, 0.15) is 41.6 Å². The third-order valence-corrected chi connectivity index (χ3v) is 5.93. The van der Waals surface area contributed by atoms with Crippen molar-refractivity contribution < 1.29 is 23.9 Å². The maximum Gasteiger partial charge on any atom is 0.221 e. The molecule has 0 bridgehead atoms. The molecule has 0 aromatic heterocycles. The van der Waals surface area contributed by atoms with E-state index in [0.29, 0.717) is 29.4 Å². The van der Waals surface area contributed by atoms with Crippen LogP contribution in [0.15, 0.2) is 78.9 Å². The number of hydrogen-bond donors (Lipinski definition) is 2. The van der Waals surface area contributed by atoms with Gasteiger partial charge in [-0.1, -0.05) is 30.3 Å². The Morgan fingerprint density at radius 3 is 2.14 bits per heavy atom. The molecular weight excluding hydrogens is 456 g/mol. The Hall–Kier alpha value is -3.97. The van der Waals surface area contributed by atoms with Gasteiger partial charge in [0.05, 0.1) is 13.2 Å². The molecule has 1 unspecified atom stereocenters. The molecule has 0 aliphatic heterocycles. The Morgan fingerprint density at radius 2 is 1.50 bits per heavy atom. The number of ether oxygens (including phenoxy) is 2. The standard InChI is InChI=1S/C29H30N2O5/c30-23-10-14-25(15-11-23)36-24-12-8-22(9-13-24)29(34)26(19-35-18-20-4-2-1-3-5-20)31-28(33)17-16-27(32)21-6-7-21/h1-5,8-15,21,26H,6-7,16-19,30H2,(H,31,33). The van der Waals surface area contributed by atoms with Crippen LogP contribution in [0.5, 0.6) is 11.5 Å². The monoisotopic (exact) mass is 486 g/mol. The van der Waals surface area contributed by atoms with Gasteiger partial charge in [-0.3, -0.25) is 14.4 Å². The highest BCUT2D eigenvalue weighted by Gasteiger charge is 2.30. The average Bonchev–Trinajstić information content (AvgIpc) is 3.75. The fraction of sp³-hybridized carbons (Fsp3) is 0.276. The molecule has 1 amide bonds. The van der Waals surface area contributed by atoms with E-state index in [4.69, 9.17) is 15.2 Å². The van der Waals surface area contributed by atoms with Gasteiger partial charge < -0.3 is 20.5 Å². The fourth-order valence-electron chi connectivity index (χ4n) is 3.72. The molecule has 1 saturated carbocycles. The summed E-state index contributed by atoms with van der Waals surface area (Å²) >= 11 is 0. The average molecular weight is 487 g/mol. The Morgan fingerprint density at radius 1 is 0.861 bits per heavy atom. The molecule has 0 saturated heterocycles. The van der Waals surface area contributed by atoms with Crippen LogP contribution in [0.25, 0.3) is 0 Å². The topological polar surface area (TPSA) is 108 Å². The largest absolute Gasteiger partial charge is 0.457 e. The minimum absolute atomic E-state index is 0.0136. The maximum atomic E-state index is 13.3. The van der Waals surface area contributed by atoms with Crippen molar-refractivity contribution in [2.45, 2.75) is 38.3 Å². The van der Waals surface area contributed by atoms with E-state index in [1.165, 1.54) is 0 Å². The summed E-state index contributed by atoms with van der Waals surface area (Å²) in [4.78, 5) is 37.8. The summed E-state index contributed by atoms with van der Waals surface area (Å²) < 4.78 is 11.6. The van der Waals surface area contributed by atoms with Gasteiger partial charge in [-0.05, 0) is 66.9 Å². The predicted molar refractivity (Wildman–Crippen MR) is 137 cm³/mol. The highest BCUT2D eigenvalue weighted by atomic mass is 16.5. The minimum Gasteiger partial charge on any atom is -0.457 e. The molecule has 0 spiro atoms. The SMILES string of the molecule is Nc1ccc(Oc2ccc(C(=O)C(COCc3ccccc3)NC(=O)CCC(=O)C3CC3)cc2)cc1. The van der Waals surface area contributed by atoms with Crippen LogP contribution in [0, 0.1) is 5.92 Å². The predicted octanol–water partition coefficient (Wildman–Crippen LogP) is 4.70. The number of nitrogen functional groups attached to an aromatic ring is 1. The third-order valence-electron chi connectivity index (χ3n) is 5.93. The summed E-state index contributed by atoms with van der Waals surface area (Å²) in [6.45, 7) is 0.328. The first-order chi connectivity index (χ1) is 17.5. The number of hydrogen-bond acceptors (Lipinski definition) is 6. The van der Waals surface area contributed by atoms with E-state index in [1.54, 1.807) is 48.5 Å². The van der Waals surface area contributed by atoms with Crippen LogP contribution < -0.4 is 15.8 Å². The number of Topliss-reactive ketones (excluding diaryl/α,β-unsaturated/α-hetero) is 2. The molecule has 1 aliphatic carbocycles. The van der Waals surface area contributed by atoms with Crippen molar-refractivity contribution in [3.8, 4) is 11.5 Å². The molecule has 3 aromatic rings. The van der Waals surface area contributed by atoms with Gasteiger partial charge in [0.1, 0.15) is 23.3 Å². The first-order valence-corrected chi connectivity index (χ1v) is 12.1. The van der Waals surface area contributed by atoms with E-state index in [-0.39, 0.29) is 42.8 Å². The first kappa shape index (κ1) is 25.1. The van der Waals surface area contributed by atoms with E-state index >= 15 is 0 Å². The molecule has 36 heavy (non-hydrogen) atoms. The Balaban J connectivity index is 1.38. The third kappa shape index (κ3) is 7.52. The lowest BCUT2D eigenvalue weighted by molar-refractivity contribution is -0.126. The van der Waals surface area contributed by atoms with E-state index in [1.807, 2.05) is 30.3 Å². The molecule has 3 aromatic carbocycles. The number of benzene rings is 3. The lowest BCUT2D eigenvalue weighted by atomic mass is 10.0. The molecule has 1 aliphatic rings. The Bertz CT molecular complexity index is 1170. The number of carbonyl (C=O) groups is 3. The zero-order valence-electron chi connectivity index (χ0n) is 20.0. The van der Waals surface area contributed by atoms with Gasteiger partial charge in [-0.25, -0.2) is 0 Å². The summed E-state index contributed by atoms with van der Waals surface area (Å²) in [7, 11) is 0. The molecular formula is C29H30N2O5. The van der Waals surface area contributed by atoms with Crippen molar-refractivity contribution in [1.82, 2.24) is 5.32 Å². The van der Waals surface area contributed by atoms with Crippen molar-refractivity contribution in [2.75, 3.05) is 12.3 Å². The second-order valence-electron chi connectivity index (χ2n) is 8.92. The van der Waals surface area contributed by atoms with Gasteiger partial charge in [-0.2, -0.15) is 0 Å². The lowest BCUT2D eigenvalue weighted by Crippen LogP contribution is -2.44. The normalized spacial score (nSPS) is 13.6. The summed E-state index contributed by atoms with van der Waals surface area (Å²) in [5, 5.41) is 2.77. The Labute approximate surface area is 210 Å². The van der Waals surface area contributed by atoms with Gasteiger partial charge >= 0.3 is 0 Å². The quantitative estimate of drug-likeness (QED) is 0.268. The van der Waals surface area contributed by atoms with Crippen LogP contribution in [0.4, 0.5) is 5.69 Å². The van der Waals surface area contributed by atoms with Crippen LogP contribution in [-0.2, 0) is 20.9 Å². The molecule has 0 radical (unpaired) electrons. The molecule has 7 nitrogen and oxygen atoms in total. The van der Waals surface area contributed by atoms with Crippen LogP contribution >= 0.6 is 0 Å². The number of rotatable bonds is 13. The Kier molecular flexibility index (Phi) is 8.47. The van der Waals surface area contributed by atoms with Crippen LogP contribution in [0.3, 0.4) is 0 Å². The summed E-state index contributed by atoms with van der Waals surface area (Å²) in [5.74, 6) is 0.806. The maximum absolute atomic E-state index is 13.3. The number of ketones is 2. The van der Waals surface area contributed by atoms with E-state index in [9.17, 15) is 14.4 Å². The highest BCUT2D eigenvalue weighted by molar-refractivity contribution is 6.02. The van der Waals surface area contributed by atoms with E-state index in [2.05, 4.69) is 5.32 Å². The molecule has 3 N–H and O–H groups in total.